The lowest BCUT2D eigenvalue weighted by molar-refractivity contribution is -0.134. The number of benzene rings is 2. The Balaban J connectivity index is 1.42. The van der Waals surface area contributed by atoms with Crippen molar-refractivity contribution in [1.29, 1.82) is 0 Å². The molecule has 2 aliphatic rings. The number of amides is 2. The molecule has 2 aromatic carbocycles. The first kappa shape index (κ1) is 20.9. The van der Waals surface area contributed by atoms with Crippen LogP contribution in [-0.2, 0) is 21.4 Å². The number of hydrogen-bond acceptors (Lipinski definition) is 3. The molecule has 158 valence electrons. The third-order valence-corrected chi connectivity index (χ3v) is 6.85. The summed E-state index contributed by atoms with van der Waals surface area (Å²) in [4.78, 5) is 26.5. The summed E-state index contributed by atoms with van der Waals surface area (Å²) in [5.41, 5.74) is 9.81. The number of likely N-dealkylation sites (tertiary alicyclic amines) is 1. The van der Waals surface area contributed by atoms with Crippen molar-refractivity contribution in [2.24, 2.45) is 5.73 Å². The van der Waals surface area contributed by atoms with Gasteiger partial charge in [-0.1, -0.05) is 48.0 Å². The second kappa shape index (κ2) is 8.40. The van der Waals surface area contributed by atoms with Crippen LogP contribution in [0.15, 0.2) is 48.5 Å². The highest BCUT2D eigenvalue weighted by atomic mass is 35.5. The molecule has 0 bridgehead atoms. The summed E-state index contributed by atoms with van der Waals surface area (Å²) in [5.74, 6) is -0.00265. The minimum absolute atomic E-state index is 0.00416. The van der Waals surface area contributed by atoms with E-state index in [1.54, 1.807) is 6.92 Å². The monoisotopic (exact) mass is 425 g/mol. The van der Waals surface area contributed by atoms with Gasteiger partial charge in [0.25, 0.3) is 0 Å². The van der Waals surface area contributed by atoms with Gasteiger partial charge < -0.3 is 16.0 Å². The van der Waals surface area contributed by atoms with Crippen molar-refractivity contribution in [3.05, 3.63) is 70.2 Å². The first-order chi connectivity index (χ1) is 14.4. The highest BCUT2D eigenvalue weighted by Crippen LogP contribution is 2.50. The molecular formula is C24H28ClN3O2. The number of piperidine rings is 1. The van der Waals surface area contributed by atoms with Crippen LogP contribution in [0.3, 0.4) is 0 Å². The van der Waals surface area contributed by atoms with Gasteiger partial charge in [-0.05, 0) is 54.5 Å². The Labute approximate surface area is 182 Å². The number of fused-ring (bicyclic) bond motifs is 2. The van der Waals surface area contributed by atoms with Crippen LogP contribution < -0.4 is 11.1 Å². The predicted octanol–water partition coefficient (Wildman–Crippen LogP) is 3.35. The Morgan fingerprint density at radius 1 is 1.17 bits per heavy atom. The van der Waals surface area contributed by atoms with Crippen LogP contribution in [0.5, 0.6) is 0 Å². The van der Waals surface area contributed by atoms with Crippen molar-refractivity contribution in [3.8, 4) is 0 Å². The van der Waals surface area contributed by atoms with Gasteiger partial charge in [0.15, 0.2) is 0 Å². The van der Waals surface area contributed by atoms with E-state index >= 15 is 0 Å². The number of halogens is 1. The van der Waals surface area contributed by atoms with Gasteiger partial charge in [-0.2, -0.15) is 0 Å². The van der Waals surface area contributed by atoms with Gasteiger partial charge in [0.1, 0.15) is 0 Å². The summed E-state index contributed by atoms with van der Waals surface area (Å²) < 4.78 is 0. The number of hydrogen-bond donors (Lipinski definition) is 2. The molecule has 0 aromatic heterocycles. The number of carbonyl (C=O) groups excluding carboxylic acids is 2. The highest BCUT2D eigenvalue weighted by Gasteiger charge is 2.46. The molecule has 1 heterocycles. The maximum atomic E-state index is 12.9. The molecule has 5 nitrogen and oxygen atoms in total. The minimum Gasteiger partial charge on any atom is -0.349 e. The van der Waals surface area contributed by atoms with E-state index in [0.717, 1.165) is 24.8 Å². The van der Waals surface area contributed by atoms with E-state index < -0.39 is 6.04 Å². The fourth-order valence-corrected chi connectivity index (χ4v) is 5.22. The molecule has 2 aromatic rings. The van der Waals surface area contributed by atoms with Crippen molar-refractivity contribution < 1.29 is 9.59 Å². The molecule has 3 N–H and O–H groups in total. The topological polar surface area (TPSA) is 75.4 Å². The molecule has 0 saturated carbocycles. The minimum atomic E-state index is -0.553. The fraction of sp³-hybridized carbons (Fsp3) is 0.417. The third-order valence-electron chi connectivity index (χ3n) is 6.60. The van der Waals surface area contributed by atoms with Crippen molar-refractivity contribution >= 4 is 23.4 Å². The molecule has 30 heavy (non-hydrogen) atoms. The molecule has 0 unspecified atom stereocenters. The SMILES string of the molecule is CC(=O)N[C@@H]1CC2(CCN(C(=O)[C@H](N)Cc3ccc(Cl)cc3)CC2)c2ccccc21. The van der Waals surface area contributed by atoms with Gasteiger partial charge in [0.2, 0.25) is 11.8 Å². The van der Waals surface area contributed by atoms with E-state index in [0.29, 0.717) is 24.5 Å². The van der Waals surface area contributed by atoms with Crippen LogP contribution >= 0.6 is 11.6 Å². The molecule has 1 aliphatic carbocycles. The van der Waals surface area contributed by atoms with Crippen LogP contribution in [0.2, 0.25) is 5.02 Å². The molecule has 0 radical (unpaired) electrons. The number of rotatable bonds is 4. The average Bonchev–Trinajstić information content (AvgIpc) is 3.02. The summed E-state index contributed by atoms with van der Waals surface area (Å²) in [5, 5.41) is 3.78. The second-order valence-corrected chi connectivity index (χ2v) is 9.02. The van der Waals surface area contributed by atoms with Gasteiger partial charge in [0, 0.05) is 30.5 Å². The predicted molar refractivity (Wildman–Crippen MR) is 118 cm³/mol. The van der Waals surface area contributed by atoms with Crippen molar-refractivity contribution in [2.75, 3.05) is 13.1 Å². The smallest absolute Gasteiger partial charge is 0.239 e. The Bertz CT molecular complexity index is 936. The maximum absolute atomic E-state index is 12.9. The van der Waals surface area contributed by atoms with E-state index in [-0.39, 0.29) is 23.3 Å². The first-order valence-corrected chi connectivity index (χ1v) is 10.9. The fourth-order valence-electron chi connectivity index (χ4n) is 5.09. The maximum Gasteiger partial charge on any atom is 0.239 e. The third kappa shape index (κ3) is 4.09. The zero-order valence-corrected chi connectivity index (χ0v) is 18.0. The summed E-state index contributed by atoms with van der Waals surface area (Å²) >= 11 is 5.94. The molecule has 1 fully saturated rings. The van der Waals surface area contributed by atoms with Gasteiger partial charge in [-0.3, -0.25) is 9.59 Å². The summed E-state index contributed by atoms with van der Waals surface area (Å²) in [7, 11) is 0. The van der Waals surface area contributed by atoms with Crippen LogP contribution in [0.4, 0.5) is 0 Å². The molecular weight excluding hydrogens is 398 g/mol. The lowest BCUT2D eigenvalue weighted by atomic mass is 9.73. The first-order valence-electron chi connectivity index (χ1n) is 10.5. The van der Waals surface area contributed by atoms with E-state index in [1.807, 2.05) is 35.2 Å². The standard InChI is InChI=1S/C24H28ClN3O2/c1-16(29)27-22-15-24(20-5-3-2-4-19(20)22)10-12-28(13-11-24)23(30)21(26)14-17-6-8-18(25)9-7-17/h2-9,21-22H,10-15,26H2,1H3,(H,27,29)/t21-,22-/m1/s1. The molecule has 2 amide bonds. The Hall–Kier alpha value is -2.37. The van der Waals surface area contributed by atoms with E-state index in [2.05, 4.69) is 23.5 Å². The Morgan fingerprint density at radius 3 is 2.50 bits per heavy atom. The molecule has 4 rings (SSSR count). The van der Waals surface area contributed by atoms with Crippen molar-refractivity contribution in [2.45, 2.75) is 50.1 Å². The van der Waals surface area contributed by atoms with Gasteiger partial charge in [0.05, 0.1) is 12.1 Å². The average molecular weight is 426 g/mol. The van der Waals surface area contributed by atoms with E-state index in [4.69, 9.17) is 17.3 Å². The second-order valence-electron chi connectivity index (χ2n) is 8.59. The van der Waals surface area contributed by atoms with Crippen LogP contribution in [0, 0.1) is 0 Å². The molecule has 1 spiro atoms. The van der Waals surface area contributed by atoms with Crippen LogP contribution in [-0.4, -0.2) is 35.8 Å². The summed E-state index contributed by atoms with van der Waals surface area (Å²) in [6.45, 7) is 2.94. The number of nitrogens with two attached hydrogens (primary N) is 1. The largest absolute Gasteiger partial charge is 0.349 e. The summed E-state index contributed by atoms with van der Waals surface area (Å²) in [6.07, 6.45) is 3.18. The van der Waals surface area contributed by atoms with Crippen molar-refractivity contribution in [3.63, 3.8) is 0 Å². The number of nitrogens with zero attached hydrogens (tertiary/aromatic N) is 1. The highest BCUT2D eigenvalue weighted by molar-refractivity contribution is 6.30. The lowest BCUT2D eigenvalue weighted by Crippen LogP contribution is -2.50. The van der Waals surface area contributed by atoms with Crippen molar-refractivity contribution in [1.82, 2.24) is 10.2 Å². The molecule has 1 saturated heterocycles. The van der Waals surface area contributed by atoms with E-state index in [9.17, 15) is 9.59 Å². The van der Waals surface area contributed by atoms with Gasteiger partial charge >= 0.3 is 0 Å². The van der Waals surface area contributed by atoms with Gasteiger partial charge in [-0.15, -0.1) is 0 Å². The molecule has 2 atom stereocenters. The van der Waals surface area contributed by atoms with Crippen LogP contribution in [0.1, 0.15) is 48.9 Å². The zero-order chi connectivity index (χ0) is 21.3. The number of nitrogens with one attached hydrogen (secondary N) is 1. The normalized spacial score (nSPS) is 20.6. The van der Waals surface area contributed by atoms with Gasteiger partial charge in [-0.25, -0.2) is 0 Å². The zero-order valence-electron chi connectivity index (χ0n) is 17.2. The van der Waals surface area contributed by atoms with Crippen LogP contribution in [0.25, 0.3) is 0 Å². The molecule has 1 aliphatic heterocycles. The van der Waals surface area contributed by atoms with E-state index in [1.165, 1.54) is 11.1 Å². The quantitative estimate of drug-likeness (QED) is 0.788. The lowest BCUT2D eigenvalue weighted by Gasteiger charge is -2.41. The summed E-state index contributed by atoms with van der Waals surface area (Å²) in [6, 6.07) is 15.4. The molecule has 6 heteroatoms. The number of carbonyl (C=O) groups is 2. The Kier molecular flexibility index (Phi) is 5.85. The Morgan fingerprint density at radius 2 is 1.83 bits per heavy atom.